The Bertz CT molecular complexity index is 2230. The van der Waals surface area contributed by atoms with E-state index in [-0.39, 0.29) is 47.2 Å². The van der Waals surface area contributed by atoms with Gasteiger partial charge >= 0.3 is 24.1 Å². The summed E-state index contributed by atoms with van der Waals surface area (Å²) in [5, 5.41) is 10.9. The van der Waals surface area contributed by atoms with Crippen molar-refractivity contribution in [3.8, 4) is 0 Å². The minimum atomic E-state index is -1.12. The number of allylic oxidation sites excluding steroid dienone is 2. The second-order valence-electron chi connectivity index (χ2n) is 25.8. The smallest absolute Gasteiger partial charge is 0.414 e. The quantitative estimate of drug-likeness (QED) is 0.148. The fourth-order valence-electron chi connectivity index (χ4n) is 13.3. The zero-order chi connectivity index (χ0) is 60.5. The van der Waals surface area contributed by atoms with E-state index in [1.807, 2.05) is 62.3 Å². The Morgan fingerprint density at radius 3 is 1.26 bits per heavy atom. The van der Waals surface area contributed by atoms with Gasteiger partial charge in [0.15, 0.2) is 47.9 Å². The zero-order valence-electron chi connectivity index (χ0n) is 51.7. The molecular formula is C61H96N2O17. The summed E-state index contributed by atoms with van der Waals surface area (Å²) in [6, 6.07) is 0. The van der Waals surface area contributed by atoms with Crippen molar-refractivity contribution in [2.45, 2.75) is 238 Å². The van der Waals surface area contributed by atoms with Gasteiger partial charge in [-0.05, 0) is 103 Å². The van der Waals surface area contributed by atoms with Crippen LogP contribution in [0.3, 0.4) is 0 Å². The number of cyclic esters (lactones) is 2. The first-order chi connectivity index (χ1) is 37.0. The van der Waals surface area contributed by atoms with Gasteiger partial charge in [-0.2, -0.15) is 0 Å². The number of carbonyl (C=O) groups excluding carboxylic acids is 8. The average molecular weight is 1130 g/mol. The molecule has 1 N–H and O–H groups in total. The number of rotatable bonds is 6. The molecule has 6 rings (SSSR count). The number of carbonyl (C=O) groups is 8. The highest BCUT2D eigenvalue weighted by Crippen LogP contribution is 2.44. The third-order valence-corrected chi connectivity index (χ3v) is 18.1. The second-order valence-corrected chi connectivity index (χ2v) is 25.8. The molecule has 80 heavy (non-hydrogen) atoms. The second kappa shape index (κ2) is 26.3. The van der Waals surface area contributed by atoms with Crippen molar-refractivity contribution in [2.75, 3.05) is 14.1 Å². The highest BCUT2D eigenvalue weighted by Gasteiger charge is 2.51. The fraction of sp³-hybridized carbons (Fsp3) is 0.803. The number of aliphatic hydroxyl groups is 1. The first-order valence-electron chi connectivity index (χ1n) is 29.2. The van der Waals surface area contributed by atoms with Crippen LogP contribution in [0.2, 0.25) is 0 Å². The molecule has 0 aromatic carbocycles. The molecule has 4 saturated heterocycles. The van der Waals surface area contributed by atoms with E-state index in [4.69, 9.17) is 37.9 Å². The van der Waals surface area contributed by atoms with Crippen molar-refractivity contribution in [1.82, 2.24) is 9.80 Å². The predicted octanol–water partition coefficient (Wildman–Crippen LogP) is 9.33. The summed E-state index contributed by atoms with van der Waals surface area (Å²) in [6.45, 7) is 35.1. The van der Waals surface area contributed by atoms with Gasteiger partial charge in [0.2, 0.25) is 0 Å². The summed E-state index contributed by atoms with van der Waals surface area (Å²) in [6.07, 6.45) is -5.78. The minimum Gasteiger partial charge on any atom is -0.457 e. The molecule has 0 aliphatic carbocycles. The summed E-state index contributed by atoms with van der Waals surface area (Å²) in [5.41, 5.74) is 0.109. The third kappa shape index (κ3) is 14.1. The topological polar surface area (TPSA) is 237 Å². The van der Waals surface area contributed by atoms with E-state index in [2.05, 4.69) is 13.8 Å². The van der Waals surface area contributed by atoms with Gasteiger partial charge in [0.05, 0.1) is 35.8 Å². The molecule has 0 aromatic rings. The van der Waals surface area contributed by atoms with Gasteiger partial charge < -0.3 is 43.0 Å². The number of Topliss-reactive ketones (excluding diaryl/α,β-unsaturated/α-hetero) is 4. The Morgan fingerprint density at radius 2 is 0.887 bits per heavy atom. The van der Waals surface area contributed by atoms with E-state index in [1.165, 1.54) is 23.8 Å². The number of amides is 2. The highest BCUT2D eigenvalue weighted by molar-refractivity contribution is 6.02. The zero-order valence-corrected chi connectivity index (χ0v) is 51.7. The lowest BCUT2D eigenvalue weighted by molar-refractivity contribution is -0.284. The molecule has 452 valence electrons. The molecule has 20 atom stereocenters. The van der Waals surface area contributed by atoms with Crippen molar-refractivity contribution < 1.29 is 81.4 Å². The molecule has 19 nitrogen and oxygen atoms in total. The van der Waals surface area contributed by atoms with Crippen LogP contribution in [0.5, 0.6) is 0 Å². The lowest BCUT2D eigenvalue weighted by atomic mass is 9.71. The van der Waals surface area contributed by atoms with Crippen LogP contribution in [0.25, 0.3) is 0 Å². The maximum atomic E-state index is 13.8. The number of ketones is 4. The van der Waals surface area contributed by atoms with E-state index in [1.54, 1.807) is 55.5 Å². The summed E-state index contributed by atoms with van der Waals surface area (Å²) >= 11 is 0. The van der Waals surface area contributed by atoms with Crippen LogP contribution in [0.1, 0.15) is 170 Å². The molecule has 6 aliphatic rings. The molecule has 0 aromatic heterocycles. The number of hydrogen-bond acceptors (Lipinski definition) is 17. The largest absolute Gasteiger partial charge is 0.457 e. The number of fused-ring (bicyclic) bond motifs is 2. The number of esters is 2. The first kappa shape index (κ1) is 66.2. The fourth-order valence-corrected chi connectivity index (χ4v) is 13.3. The number of ether oxygens (including phenoxy) is 8. The predicted molar refractivity (Wildman–Crippen MR) is 295 cm³/mol. The molecule has 2 unspecified atom stereocenters. The van der Waals surface area contributed by atoms with Gasteiger partial charge in [0.25, 0.3) is 0 Å². The normalized spacial score (nSPS) is 41.7. The maximum absolute atomic E-state index is 13.8. The van der Waals surface area contributed by atoms with E-state index < -0.39 is 126 Å². The van der Waals surface area contributed by atoms with Gasteiger partial charge in [-0.25, -0.2) is 9.59 Å². The van der Waals surface area contributed by atoms with Crippen molar-refractivity contribution >= 4 is 47.3 Å². The van der Waals surface area contributed by atoms with Crippen LogP contribution in [0.15, 0.2) is 22.5 Å². The Balaban J connectivity index is 0.000000294. The molecule has 0 radical (unpaired) electrons. The summed E-state index contributed by atoms with van der Waals surface area (Å²) in [4.78, 5) is 109. The monoisotopic (exact) mass is 1130 g/mol. The van der Waals surface area contributed by atoms with Crippen LogP contribution < -0.4 is 0 Å². The molecule has 0 bridgehead atoms. The molecule has 6 aliphatic heterocycles. The molecule has 2 amide bonds. The Morgan fingerprint density at radius 1 is 0.537 bits per heavy atom. The molecule has 4 fully saturated rings. The number of hydrogen-bond donors (Lipinski definition) is 1. The van der Waals surface area contributed by atoms with Gasteiger partial charge in [0, 0.05) is 54.8 Å². The van der Waals surface area contributed by atoms with Gasteiger partial charge in [-0.1, -0.05) is 90.0 Å². The van der Waals surface area contributed by atoms with Crippen molar-refractivity contribution in [2.24, 2.45) is 64.1 Å². The van der Waals surface area contributed by atoms with Gasteiger partial charge in [-0.15, -0.1) is 0 Å². The Labute approximate surface area is 475 Å². The van der Waals surface area contributed by atoms with E-state index >= 15 is 0 Å². The number of nitrogens with zero attached hydrogens (tertiary/aromatic N) is 2. The van der Waals surface area contributed by atoms with Crippen molar-refractivity contribution in [3.63, 3.8) is 0 Å². The summed E-state index contributed by atoms with van der Waals surface area (Å²) in [5.74, 6) is -6.59. The molecule has 6 heterocycles. The van der Waals surface area contributed by atoms with E-state index in [0.717, 1.165) is 6.42 Å². The van der Waals surface area contributed by atoms with Crippen LogP contribution in [-0.2, 0) is 66.7 Å². The highest BCUT2D eigenvalue weighted by atomic mass is 16.7. The van der Waals surface area contributed by atoms with Crippen LogP contribution in [0, 0.1) is 64.1 Å². The third-order valence-electron chi connectivity index (χ3n) is 18.1. The Hall–Kier alpha value is -4.56. The minimum absolute atomic E-state index is 0.0137. The van der Waals surface area contributed by atoms with Gasteiger partial charge in [-0.3, -0.25) is 38.6 Å². The van der Waals surface area contributed by atoms with Gasteiger partial charge in [0.1, 0.15) is 30.1 Å². The van der Waals surface area contributed by atoms with Crippen molar-refractivity contribution in [1.29, 1.82) is 0 Å². The standard InChI is InChI=1S/C31H49NO8.C30H47NO9/c1-12-22-26-23(32(11)30(36)39-26)19(6)24(33)16(3)14-31(9,10)27(20(7)25(34)21(8)28(35)38-22)40-29-18(5)15(2)13-17(4)37-29;1-11-20-25-21(31(10)29(36)39-25)17(5)22(32)15(3)13-30(8,9)26(18(6)24(34)19(7)27(35)38-20)40-28-23(33)14(2)12-16(4)37-28/h15-18,20-22,26-27,29H,12-14H2,1-11H3;14-16,18-20,23,25-26,28,33H,11-13H2,1-10H3/b23-19-;21-17-/t15-,16+,17+,18+,20-,21+,22+,26+,27+,29?;14-,15+,16+,18-,19+,20+,23+,25+,26+,28?/m00/s1. The Kier molecular flexibility index (Phi) is 21.8. The SMILES string of the molecule is CC[C@H]1OC(=O)[C@H](C)C(=O)[C@H](C)[C@@H](OC2O[C@H](C)C[C@H](C)[C@H]2C)C(C)(C)C[C@@H](C)C(=O)/C(C)=C2/[C@@H]1OC(=O)N2C.CC[C@H]1OC(=O)[C@H](C)C(=O)[C@H](C)[C@@H](OC2O[C@H](C)C[C@H](C)[C@H]2O)C(C)(C)C[C@@H](C)C(=O)/C(C)=C2/[C@@H]1OC(=O)N2C. The summed E-state index contributed by atoms with van der Waals surface area (Å²) in [7, 11) is 3.07. The molecule has 0 spiro atoms. The molecule has 19 heteroatoms. The van der Waals surface area contributed by atoms with Crippen molar-refractivity contribution in [3.05, 3.63) is 22.5 Å². The maximum Gasteiger partial charge on any atom is 0.414 e. The number of likely N-dealkylation sites (N-methyl/N-ethyl adjacent to an activating group) is 2. The van der Waals surface area contributed by atoms with Crippen LogP contribution in [0.4, 0.5) is 9.59 Å². The molecular weight excluding hydrogens is 1030 g/mol. The summed E-state index contributed by atoms with van der Waals surface area (Å²) < 4.78 is 48.0. The van der Waals surface area contributed by atoms with E-state index in [0.29, 0.717) is 60.6 Å². The lowest BCUT2D eigenvalue weighted by Gasteiger charge is -2.45. The first-order valence-corrected chi connectivity index (χ1v) is 29.2. The average Bonchev–Trinajstić information content (AvgIpc) is 3.86. The van der Waals surface area contributed by atoms with E-state index in [9.17, 15) is 43.5 Å². The lowest BCUT2D eigenvalue weighted by Crippen LogP contribution is -2.52. The van der Waals surface area contributed by atoms with Crippen LogP contribution in [-0.4, -0.2) is 144 Å². The number of aliphatic hydroxyl groups excluding tert-OH is 1. The van der Waals surface area contributed by atoms with Crippen LogP contribution >= 0.6 is 0 Å². The molecule has 0 saturated carbocycles.